The third-order valence-electron chi connectivity index (χ3n) is 5.23. The molecule has 1 fully saturated rings. The van der Waals surface area contributed by atoms with Gasteiger partial charge in [0.2, 0.25) is 21.8 Å². The van der Waals surface area contributed by atoms with E-state index in [1.54, 1.807) is 18.2 Å². The predicted octanol–water partition coefficient (Wildman–Crippen LogP) is 2.43. The predicted molar refractivity (Wildman–Crippen MR) is 112 cm³/mol. The number of thioether (sulfide) groups is 1. The SMILES string of the molecule is O=C1Nc2cc(S(=O)(=O)NCc3ccco3)ccc2SC[C@H]1CC(=O)N1CCCC1. The third kappa shape index (κ3) is 4.71. The van der Waals surface area contributed by atoms with Gasteiger partial charge < -0.3 is 14.6 Å². The molecule has 0 bridgehead atoms. The molecule has 2 amide bonds. The van der Waals surface area contributed by atoms with Gasteiger partial charge in [0.15, 0.2) is 0 Å². The Balaban J connectivity index is 1.45. The van der Waals surface area contributed by atoms with Crippen LogP contribution < -0.4 is 10.0 Å². The van der Waals surface area contributed by atoms with Crippen LogP contribution in [-0.2, 0) is 26.2 Å². The number of carbonyl (C=O) groups is 2. The summed E-state index contributed by atoms with van der Waals surface area (Å²) in [5.74, 6) is 0.271. The Labute approximate surface area is 179 Å². The molecule has 1 aromatic heterocycles. The van der Waals surface area contributed by atoms with Gasteiger partial charge >= 0.3 is 0 Å². The van der Waals surface area contributed by atoms with Gasteiger partial charge in [0, 0.05) is 30.2 Å². The normalized spacial score (nSPS) is 19.3. The molecule has 0 radical (unpaired) electrons. The van der Waals surface area contributed by atoms with Crippen molar-refractivity contribution in [3.63, 3.8) is 0 Å². The Kier molecular flexibility index (Phi) is 6.16. The Bertz CT molecular complexity index is 1030. The molecule has 3 heterocycles. The molecule has 2 aliphatic heterocycles. The fraction of sp³-hybridized carbons (Fsp3) is 0.400. The standard InChI is InChI=1S/C20H23N3O5S2/c24-19(23-7-1-2-8-23)10-14-13-29-18-6-5-16(11-17(18)22-20(14)25)30(26,27)21-12-15-4-3-9-28-15/h3-6,9,11,14,21H,1-2,7-8,10,12-13H2,(H,22,25)/t14-/m1/s1. The molecule has 0 unspecified atom stereocenters. The molecule has 2 aromatic rings. The zero-order valence-electron chi connectivity index (χ0n) is 16.3. The molecule has 0 spiro atoms. The molecule has 4 rings (SSSR count). The lowest BCUT2D eigenvalue weighted by Gasteiger charge is -2.18. The van der Waals surface area contributed by atoms with Gasteiger partial charge in [-0.05, 0) is 43.2 Å². The number of fused-ring (bicyclic) bond motifs is 1. The first-order valence-corrected chi connectivity index (χ1v) is 12.3. The zero-order chi connectivity index (χ0) is 21.1. The maximum absolute atomic E-state index is 12.7. The first-order valence-electron chi connectivity index (χ1n) is 9.80. The smallest absolute Gasteiger partial charge is 0.241 e. The van der Waals surface area contributed by atoms with Gasteiger partial charge in [-0.1, -0.05) is 0 Å². The van der Waals surface area contributed by atoms with Gasteiger partial charge in [-0.3, -0.25) is 9.59 Å². The molecule has 10 heteroatoms. The summed E-state index contributed by atoms with van der Waals surface area (Å²) in [5.41, 5.74) is 0.446. The van der Waals surface area contributed by atoms with E-state index in [0.29, 0.717) is 17.2 Å². The number of hydrogen-bond acceptors (Lipinski definition) is 6. The largest absolute Gasteiger partial charge is 0.468 e. The van der Waals surface area contributed by atoms with E-state index in [0.717, 1.165) is 30.8 Å². The lowest BCUT2D eigenvalue weighted by Crippen LogP contribution is -2.33. The number of likely N-dealkylation sites (tertiary alicyclic amines) is 1. The molecular weight excluding hydrogens is 426 g/mol. The number of rotatable bonds is 6. The Morgan fingerprint density at radius 2 is 2.07 bits per heavy atom. The Morgan fingerprint density at radius 1 is 1.27 bits per heavy atom. The van der Waals surface area contributed by atoms with Crippen LogP contribution in [0.1, 0.15) is 25.0 Å². The van der Waals surface area contributed by atoms with E-state index in [9.17, 15) is 18.0 Å². The van der Waals surface area contributed by atoms with Crippen LogP contribution >= 0.6 is 11.8 Å². The number of hydrogen-bond donors (Lipinski definition) is 2. The van der Waals surface area contributed by atoms with Crippen LogP contribution in [0.2, 0.25) is 0 Å². The monoisotopic (exact) mass is 449 g/mol. The van der Waals surface area contributed by atoms with Gasteiger partial charge in [-0.15, -0.1) is 11.8 Å². The Morgan fingerprint density at radius 3 is 2.80 bits per heavy atom. The second-order valence-corrected chi connectivity index (χ2v) is 10.2. The van der Waals surface area contributed by atoms with Crippen molar-refractivity contribution < 1.29 is 22.4 Å². The van der Waals surface area contributed by atoms with E-state index in [1.807, 2.05) is 4.90 Å². The maximum atomic E-state index is 12.7. The van der Waals surface area contributed by atoms with Crippen molar-refractivity contribution in [1.82, 2.24) is 9.62 Å². The highest BCUT2D eigenvalue weighted by molar-refractivity contribution is 7.99. The average Bonchev–Trinajstić information content (AvgIpc) is 3.41. The van der Waals surface area contributed by atoms with Crippen LogP contribution in [0.5, 0.6) is 0 Å². The van der Waals surface area contributed by atoms with Crippen LogP contribution in [0.3, 0.4) is 0 Å². The molecule has 2 N–H and O–H groups in total. The second kappa shape index (κ2) is 8.83. The molecule has 1 saturated heterocycles. The number of nitrogens with zero attached hydrogens (tertiary/aromatic N) is 1. The van der Waals surface area contributed by atoms with E-state index < -0.39 is 15.9 Å². The topological polar surface area (TPSA) is 109 Å². The van der Waals surface area contributed by atoms with E-state index in [-0.39, 0.29) is 29.7 Å². The number of carbonyl (C=O) groups excluding carboxylic acids is 2. The molecule has 1 atom stereocenters. The second-order valence-electron chi connectivity index (χ2n) is 7.35. The molecule has 30 heavy (non-hydrogen) atoms. The van der Waals surface area contributed by atoms with E-state index in [1.165, 1.54) is 30.2 Å². The van der Waals surface area contributed by atoms with Crippen molar-refractivity contribution in [1.29, 1.82) is 0 Å². The number of furan rings is 1. The minimum absolute atomic E-state index is 0.00426. The van der Waals surface area contributed by atoms with Crippen molar-refractivity contribution >= 4 is 39.3 Å². The number of anilines is 1. The number of benzene rings is 1. The van der Waals surface area contributed by atoms with Crippen LogP contribution in [0.15, 0.2) is 50.8 Å². The van der Waals surface area contributed by atoms with Crippen molar-refractivity contribution in [3.05, 3.63) is 42.4 Å². The third-order valence-corrected chi connectivity index (χ3v) is 7.86. The zero-order valence-corrected chi connectivity index (χ0v) is 17.9. The fourth-order valence-corrected chi connectivity index (χ4v) is 5.62. The summed E-state index contributed by atoms with van der Waals surface area (Å²) in [7, 11) is -3.77. The summed E-state index contributed by atoms with van der Waals surface area (Å²) in [4.78, 5) is 27.8. The van der Waals surface area contributed by atoms with Crippen molar-refractivity contribution in [2.75, 3.05) is 24.2 Å². The van der Waals surface area contributed by atoms with Gasteiger partial charge in [-0.2, -0.15) is 0 Å². The number of sulfonamides is 1. The molecule has 0 saturated carbocycles. The van der Waals surface area contributed by atoms with Crippen LogP contribution in [0.25, 0.3) is 0 Å². The summed E-state index contributed by atoms with van der Waals surface area (Å²) in [6.07, 6.45) is 3.66. The molecule has 8 nitrogen and oxygen atoms in total. The average molecular weight is 450 g/mol. The minimum Gasteiger partial charge on any atom is -0.468 e. The molecule has 1 aromatic carbocycles. The molecular formula is C20H23N3O5S2. The van der Waals surface area contributed by atoms with Gasteiger partial charge in [0.05, 0.1) is 29.3 Å². The van der Waals surface area contributed by atoms with Crippen LogP contribution in [0.4, 0.5) is 5.69 Å². The highest BCUT2D eigenvalue weighted by Crippen LogP contribution is 2.35. The summed E-state index contributed by atoms with van der Waals surface area (Å²) in [6, 6.07) is 8.02. The quantitative estimate of drug-likeness (QED) is 0.701. The van der Waals surface area contributed by atoms with Crippen LogP contribution in [-0.4, -0.2) is 44.0 Å². The van der Waals surface area contributed by atoms with Crippen molar-refractivity contribution in [2.45, 2.75) is 35.6 Å². The van der Waals surface area contributed by atoms with Crippen LogP contribution in [0, 0.1) is 5.92 Å². The minimum atomic E-state index is -3.77. The summed E-state index contributed by atoms with van der Waals surface area (Å²) >= 11 is 1.45. The maximum Gasteiger partial charge on any atom is 0.241 e. The summed E-state index contributed by atoms with van der Waals surface area (Å²) in [5, 5.41) is 2.81. The first-order chi connectivity index (χ1) is 14.4. The van der Waals surface area contributed by atoms with Crippen molar-refractivity contribution in [3.8, 4) is 0 Å². The van der Waals surface area contributed by atoms with Gasteiger partial charge in [0.25, 0.3) is 0 Å². The van der Waals surface area contributed by atoms with E-state index in [2.05, 4.69) is 10.0 Å². The summed E-state index contributed by atoms with van der Waals surface area (Å²) < 4.78 is 32.9. The highest BCUT2D eigenvalue weighted by Gasteiger charge is 2.30. The van der Waals surface area contributed by atoms with E-state index in [4.69, 9.17) is 4.42 Å². The molecule has 160 valence electrons. The lowest BCUT2D eigenvalue weighted by molar-refractivity contribution is -0.133. The first kappa shape index (κ1) is 21.0. The van der Waals surface area contributed by atoms with E-state index >= 15 is 0 Å². The number of nitrogens with one attached hydrogen (secondary N) is 2. The number of amides is 2. The lowest BCUT2D eigenvalue weighted by atomic mass is 10.1. The highest BCUT2D eigenvalue weighted by atomic mass is 32.2. The Hall–Kier alpha value is -2.30. The molecule has 2 aliphatic rings. The fourth-order valence-electron chi connectivity index (χ4n) is 3.52. The molecule has 0 aliphatic carbocycles. The van der Waals surface area contributed by atoms with Crippen molar-refractivity contribution in [2.24, 2.45) is 5.92 Å². The van der Waals surface area contributed by atoms with Gasteiger partial charge in [0.1, 0.15) is 5.76 Å². The summed E-state index contributed by atoms with van der Waals surface area (Å²) in [6.45, 7) is 1.55. The van der Waals surface area contributed by atoms with Gasteiger partial charge in [-0.25, -0.2) is 13.1 Å².